The van der Waals surface area contributed by atoms with Gasteiger partial charge in [-0.3, -0.25) is 9.78 Å². The zero-order chi connectivity index (χ0) is 20.6. The maximum Gasteiger partial charge on any atom is 0.256 e. The van der Waals surface area contributed by atoms with Gasteiger partial charge in [0, 0.05) is 44.1 Å². The van der Waals surface area contributed by atoms with Gasteiger partial charge in [0.05, 0.1) is 11.7 Å². The summed E-state index contributed by atoms with van der Waals surface area (Å²) in [5.74, 6) is 1.13. The summed E-state index contributed by atoms with van der Waals surface area (Å²) in [5, 5.41) is 3.12. The molecule has 0 unspecified atom stereocenters. The first-order valence-corrected chi connectivity index (χ1v) is 9.51. The average molecular weight is 391 g/mol. The van der Waals surface area contributed by atoms with Gasteiger partial charge in [0.15, 0.2) is 0 Å². The van der Waals surface area contributed by atoms with Crippen LogP contribution >= 0.6 is 0 Å². The largest absolute Gasteiger partial charge is 0.491 e. The lowest BCUT2D eigenvalue weighted by Gasteiger charge is -2.17. The number of hydrogen-bond donors (Lipinski definition) is 1. The first kappa shape index (κ1) is 20.3. The lowest BCUT2D eigenvalue weighted by molar-refractivity contribution is 0.0796. The molecule has 0 saturated carbocycles. The Morgan fingerprint density at radius 1 is 1.07 bits per heavy atom. The van der Waals surface area contributed by atoms with Gasteiger partial charge in [-0.25, -0.2) is 9.97 Å². The molecular weight excluding hydrogens is 366 g/mol. The number of carbonyl (C=O) groups excluding carboxylic acids is 1. The molecule has 1 amide bonds. The number of rotatable bonds is 8. The van der Waals surface area contributed by atoms with Gasteiger partial charge in [0.2, 0.25) is 5.95 Å². The lowest BCUT2D eigenvalue weighted by atomic mass is 10.2. The molecule has 0 atom stereocenters. The molecule has 0 aliphatic rings. The Hall–Kier alpha value is -3.48. The van der Waals surface area contributed by atoms with E-state index in [0.717, 1.165) is 23.4 Å². The van der Waals surface area contributed by atoms with Crippen molar-refractivity contribution in [2.24, 2.45) is 0 Å². The van der Waals surface area contributed by atoms with Crippen molar-refractivity contribution in [3.05, 3.63) is 72.3 Å². The van der Waals surface area contributed by atoms with Crippen molar-refractivity contribution in [1.29, 1.82) is 0 Å². The van der Waals surface area contributed by atoms with E-state index >= 15 is 0 Å². The molecule has 3 aromatic rings. The molecule has 0 aliphatic heterocycles. The van der Waals surface area contributed by atoms with Crippen LogP contribution in [0.4, 0.5) is 11.6 Å². The third-order valence-corrected chi connectivity index (χ3v) is 4.21. The highest BCUT2D eigenvalue weighted by molar-refractivity contribution is 5.93. The first-order valence-electron chi connectivity index (χ1n) is 9.51. The van der Waals surface area contributed by atoms with Gasteiger partial charge in [-0.15, -0.1) is 0 Å². The maximum atomic E-state index is 12.6. The van der Waals surface area contributed by atoms with E-state index in [-0.39, 0.29) is 12.0 Å². The smallest absolute Gasteiger partial charge is 0.256 e. The molecule has 0 radical (unpaired) electrons. The van der Waals surface area contributed by atoms with Crippen molar-refractivity contribution < 1.29 is 9.53 Å². The van der Waals surface area contributed by atoms with Gasteiger partial charge in [-0.2, -0.15) is 0 Å². The van der Waals surface area contributed by atoms with Crippen LogP contribution in [0.15, 0.2) is 61.2 Å². The second-order valence-corrected chi connectivity index (χ2v) is 6.94. The van der Waals surface area contributed by atoms with E-state index in [4.69, 9.17) is 4.74 Å². The second kappa shape index (κ2) is 9.64. The van der Waals surface area contributed by atoms with Crippen molar-refractivity contribution in [1.82, 2.24) is 19.9 Å². The Kier molecular flexibility index (Phi) is 6.73. The summed E-state index contributed by atoms with van der Waals surface area (Å²) >= 11 is 0. The molecule has 7 heteroatoms. The number of anilines is 2. The fraction of sp³-hybridized carbons (Fsp3) is 0.273. The minimum atomic E-state index is -0.110. The molecule has 0 fully saturated rings. The molecule has 2 aromatic heterocycles. The number of ether oxygens (including phenoxy) is 1. The summed E-state index contributed by atoms with van der Waals surface area (Å²) in [6.45, 7) is 4.58. The fourth-order valence-electron chi connectivity index (χ4n) is 2.69. The quantitative estimate of drug-likeness (QED) is 0.630. The number of likely N-dealkylation sites (N-methyl/N-ethyl adjacent to an activating group) is 1. The predicted octanol–water partition coefficient (Wildman–Crippen LogP) is 3.72. The van der Waals surface area contributed by atoms with Crippen LogP contribution in [0, 0.1) is 0 Å². The molecule has 1 aromatic carbocycles. The molecule has 3 rings (SSSR count). The highest BCUT2D eigenvalue weighted by Gasteiger charge is 2.13. The van der Waals surface area contributed by atoms with Crippen LogP contribution in [0.25, 0.3) is 0 Å². The van der Waals surface area contributed by atoms with Gasteiger partial charge in [0.1, 0.15) is 5.75 Å². The van der Waals surface area contributed by atoms with E-state index in [1.807, 2.05) is 50.2 Å². The summed E-state index contributed by atoms with van der Waals surface area (Å²) < 4.78 is 5.63. The highest BCUT2D eigenvalue weighted by Crippen LogP contribution is 2.19. The number of aromatic nitrogens is 3. The molecule has 0 spiro atoms. The topological polar surface area (TPSA) is 80.2 Å². The van der Waals surface area contributed by atoms with Crippen LogP contribution < -0.4 is 10.1 Å². The Labute approximate surface area is 170 Å². The minimum absolute atomic E-state index is 0.110. The Balaban J connectivity index is 1.55. The van der Waals surface area contributed by atoms with E-state index in [0.29, 0.717) is 18.1 Å². The second-order valence-electron chi connectivity index (χ2n) is 6.94. The van der Waals surface area contributed by atoms with E-state index in [2.05, 4.69) is 20.3 Å². The molecule has 0 aliphatic carbocycles. The Morgan fingerprint density at radius 2 is 1.72 bits per heavy atom. The van der Waals surface area contributed by atoms with Gasteiger partial charge in [-0.05, 0) is 62.2 Å². The third-order valence-electron chi connectivity index (χ3n) is 4.21. The van der Waals surface area contributed by atoms with Crippen molar-refractivity contribution in [2.75, 3.05) is 18.9 Å². The first-order chi connectivity index (χ1) is 14.0. The highest BCUT2D eigenvalue weighted by atomic mass is 16.5. The van der Waals surface area contributed by atoms with Crippen LogP contribution in [0.2, 0.25) is 0 Å². The molecule has 1 N–H and O–H groups in total. The zero-order valence-corrected chi connectivity index (χ0v) is 16.9. The van der Waals surface area contributed by atoms with Gasteiger partial charge < -0.3 is 15.0 Å². The molecule has 29 heavy (non-hydrogen) atoms. The molecule has 7 nitrogen and oxygen atoms in total. The van der Waals surface area contributed by atoms with E-state index in [1.54, 1.807) is 24.3 Å². The third kappa shape index (κ3) is 6.00. The molecule has 0 bridgehead atoms. The molecular formula is C22H25N5O2. The predicted molar refractivity (Wildman–Crippen MR) is 112 cm³/mol. The SMILES string of the molecule is CC(C)Oc1ccc(Nc2ncc(C(=O)N(C)CCc3ccncc3)cn2)cc1. The maximum absolute atomic E-state index is 12.6. The summed E-state index contributed by atoms with van der Waals surface area (Å²) in [6, 6.07) is 11.5. The van der Waals surface area contributed by atoms with Gasteiger partial charge >= 0.3 is 0 Å². The van der Waals surface area contributed by atoms with Crippen LogP contribution in [-0.2, 0) is 6.42 Å². The number of hydrogen-bond acceptors (Lipinski definition) is 6. The van der Waals surface area contributed by atoms with Gasteiger partial charge in [0.25, 0.3) is 5.91 Å². The minimum Gasteiger partial charge on any atom is -0.491 e. The molecule has 2 heterocycles. The van der Waals surface area contributed by atoms with Crippen LogP contribution in [-0.4, -0.2) is 45.5 Å². The molecule has 0 saturated heterocycles. The number of carbonyl (C=O) groups is 1. The van der Waals surface area contributed by atoms with Crippen LogP contribution in [0.1, 0.15) is 29.8 Å². The number of nitrogens with one attached hydrogen (secondary N) is 1. The zero-order valence-electron chi connectivity index (χ0n) is 16.9. The number of nitrogens with zero attached hydrogens (tertiary/aromatic N) is 4. The normalized spacial score (nSPS) is 10.6. The average Bonchev–Trinajstić information content (AvgIpc) is 2.74. The summed E-state index contributed by atoms with van der Waals surface area (Å²) in [4.78, 5) is 26.7. The summed E-state index contributed by atoms with van der Waals surface area (Å²) in [5.41, 5.74) is 2.43. The number of amides is 1. The van der Waals surface area contributed by atoms with Crippen LogP contribution in [0.5, 0.6) is 5.75 Å². The van der Waals surface area contributed by atoms with E-state index in [9.17, 15) is 4.79 Å². The van der Waals surface area contributed by atoms with Crippen LogP contribution in [0.3, 0.4) is 0 Å². The van der Waals surface area contributed by atoms with Crippen molar-refractivity contribution >= 4 is 17.5 Å². The Bertz CT molecular complexity index is 912. The lowest BCUT2D eigenvalue weighted by Crippen LogP contribution is -2.29. The monoisotopic (exact) mass is 391 g/mol. The Morgan fingerprint density at radius 3 is 2.34 bits per heavy atom. The van der Waals surface area contributed by atoms with Crippen molar-refractivity contribution in [3.8, 4) is 5.75 Å². The van der Waals surface area contributed by atoms with Gasteiger partial charge in [-0.1, -0.05) is 0 Å². The fourth-order valence-corrected chi connectivity index (χ4v) is 2.69. The summed E-state index contributed by atoms with van der Waals surface area (Å²) in [6.07, 6.45) is 7.48. The standard InChI is InChI=1S/C22H25N5O2/c1-16(2)29-20-6-4-19(5-7-20)26-22-24-14-18(15-25-22)21(28)27(3)13-10-17-8-11-23-12-9-17/h4-9,11-12,14-16H,10,13H2,1-3H3,(H,24,25,26). The molecule has 150 valence electrons. The van der Waals surface area contributed by atoms with E-state index in [1.165, 1.54) is 12.4 Å². The van der Waals surface area contributed by atoms with Crippen molar-refractivity contribution in [2.45, 2.75) is 26.4 Å². The van der Waals surface area contributed by atoms with E-state index < -0.39 is 0 Å². The summed E-state index contributed by atoms with van der Waals surface area (Å²) in [7, 11) is 1.77. The number of benzene rings is 1. The van der Waals surface area contributed by atoms with Crippen molar-refractivity contribution in [3.63, 3.8) is 0 Å². The number of pyridine rings is 1.